The molecule has 0 radical (unpaired) electrons. The molecule has 0 bridgehead atoms. The summed E-state index contributed by atoms with van der Waals surface area (Å²) in [6.45, 7) is 0. The Morgan fingerprint density at radius 2 is 1.05 bits per heavy atom. The lowest BCUT2D eigenvalue weighted by Gasteiger charge is -1.93. The zero-order chi connectivity index (χ0) is 16.6. The summed E-state index contributed by atoms with van der Waals surface area (Å²) in [6, 6.07) is -0.407. The fraction of sp³-hybridized carbons (Fsp3) is 0.286. The van der Waals surface area contributed by atoms with Crippen molar-refractivity contribution in [3.8, 4) is 0 Å². The Bertz CT molecular complexity index is 386. The summed E-state index contributed by atoms with van der Waals surface area (Å²) in [7, 11) is 0. The monoisotopic (exact) mass is 310 g/mol. The third-order valence-corrected chi connectivity index (χ3v) is 0.922. The molecular formula is C7H4F6N2O5. The number of carboxylic acids is 2. The van der Waals surface area contributed by atoms with E-state index in [0.29, 0.717) is 0 Å². The SMILES string of the molecule is O=C(O)C(F)(F)F.O=C(O)C(F)(F)F.O=C1N=CC=N1. The molecule has 0 fully saturated rings. The van der Waals surface area contributed by atoms with Crippen LogP contribution in [0.3, 0.4) is 0 Å². The van der Waals surface area contributed by atoms with E-state index in [1.54, 1.807) is 0 Å². The Morgan fingerprint density at radius 3 is 1.10 bits per heavy atom. The zero-order valence-corrected chi connectivity index (χ0v) is 8.94. The molecule has 7 nitrogen and oxygen atoms in total. The Kier molecular flexibility index (Phi) is 7.80. The smallest absolute Gasteiger partial charge is 0.475 e. The van der Waals surface area contributed by atoms with Gasteiger partial charge in [0.05, 0.1) is 12.4 Å². The second-order valence-electron chi connectivity index (χ2n) is 2.44. The predicted molar refractivity (Wildman–Crippen MR) is 49.8 cm³/mol. The maximum atomic E-state index is 10.6. The van der Waals surface area contributed by atoms with Crippen LogP contribution in [-0.2, 0) is 9.59 Å². The topological polar surface area (TPSA) is 116 Å². The molecule has 0 unspecified atom stereocenters. The molecule has 0 saturated carbocycles. The number of urea groups is 1. The normalized spacial score (nSPS) is 13.0. The van der Waals surface area contributed by atoms with E-state index in [9.17, 15) is 31.1 Å². The van der Waals surface area contributed by atoms with Crippen LogP contribution >= 0.6 is 0 Å². The first-order valence-electron chi connectivity index (χ1n) is 3.99. The fourth-order valence-corrected chi connectivity index (χ4v) is 0.228. The van der Waals surface area contributed by atoms with Gasteiger partial charge in [-0.25, -0.2) is 14.4 Å². The van der Waals surface area contributed by atoms with Gasteiger partial charge in [-0.15, -0.1) is 0 Å². The van der Waals surface area contributed by atoms with Crippen molar-refractivity contribution in [3.05, 3.63) is 0 Å². The number of hydrogen-bond acceptors (Lipinski definition) is 3. The van der Waals surface area contributed by atoms with Gasteiger partial charge in [-0.2, -0.15) is 36.3 Å². The molecule has 1 aliphatic heterocycles. The first-order chi connectivity index (χ1) is 8.78. The molecule has 0 atom stereocenters. The Labute approximate surface area is 105 Å². The van der Waals surface area contributed by atoms with E-state index in [4.69, 9.17) is 19.8 Å². The van der Waals surface area contributed by atoms with E-state index < -0.39 is 30.3 Å². The summed E-state index contributed by atoms with van der Waals surface area (Å²) >= 11 is 0. The van der Waals surface area contributed by atoms with E-state index >= 15 is 0 Å². The molecule has 0 aromatic heterocycles. The maximum absolute atomic E-state index is 10.6. The third kappa shape index (κ3) is 12.0. The van der Waals surface area contributed by atoms with Crippen molar-refractivity contribution in [3.63, 3.8) is 0 Å². The number of carbonyl (C=O) groups is 3. The van der Waals surface area contributed by atoms with Crippen molar-refractivity contribution in [2.45, 2.75) is 12.4 Å². The van der Waals surface area contributed by atoms with Gasteiger partial charge in [0.15, 0.2) is 0 Å². The van der Waals surface area contributed by atoms with E-state index in [2.05, 4.69) is 9.98 Å². The van der Waals surface area contributed by atoms with Crippen LogP contribution in [0.1, 0.15) is 0 Å². The van der Waals surface area contributed by atoms with Gasteiger partial charge in [0.1, 0.15) is 0 Å². The average molecular weight is 310 g/mol. The molecule has 0 spiro atoms. The Morgan fingerprint density at radius 1 is 0.850 bits per heavy atom. The highest BCUT2D eigenvalue weighted by Crippen LogP contribution is 2.13. The van der Waals surface area contributed by atoms with E-state index in [1.807, 2.05) is 0 Å². The lowest BCUT2D eigenvalue weighted by atomic mass is 10.7. The highest BCUT2D eigenvalue weighted by atomic mass is 19.4. The number of hydrogen-bond donors (Lipinski definition) is 2. The summed E-state index contributed by atoms with van der Waals surface area (Å²) < 4.78 is 63.5. The number of carbonyl (C=O) groups excluding carboxylic acids is 1. The van der Waals surface area contributed by atoms with E-state index in [0.717, 1.165) is 0 Å². The van der Waals surface area contributed by atoms with E-state index in [1.165, 1.54) is 12.4 Å². The fourth-order valence-electron chi connectivity index (χ4n) is 0.228. The molecule has 1 aliphatic rings. The first kappa shape index (κ1) is 19.9. The second-order valence-corrected chi connectivity index (χ2v) is 2.44. The van der Waals surface area contributed by atoms with Crippen LogP contribution in [0.15, 0.2) is 9.98 Å². The number of alkyl halides is 6. The van der Waals surface area contributed by atoms with Crippen LogP contribution in [0.5, 0.6) is 0 Å². The molecule has 0 aliphatic carbocycles. The molecule has 2 amide bonds. The van der Waals surface area contributed by atoms with Crippen LogP contribution in [0.25, 0.3) is 0 Å². The number of aliphatic imine (C=N–C) groups is 2. The van der Waals surface area contributed by atoms with Crippen LogP contribution < -0.4 is 0 Å². The van der Waals surface area contributed by atoms with Crippen LogP contribution in [0, 0.1) is 0 Å². The Balaban J connectivity index is 0. The number of amides is 2. The molecular weight excluding hydrogens is 306 g/mol. The molecule has 0 aromatic rings. The number of carboxylic acid groups (broad SMARTS) is 2. The summed E-state index contributed by atoms with van der Waals surface area (Å²) in [4.78, 5) is 34.1. The summed E-state index contributed by atoms with van der Waals surface area (Å²) in [5.74, 6) is -5.51. The minimum atomic E-state index is -5.08. The molecule has 20 heavy (non-hydrogen) atoms. The van der Waals surface area contributed by atoms with Crippen molar-refractivity contribution in [1.82, 2.24) is 0 Å². The standard InChI is InChI=1S/C3H2N2O.2C2HF3O2/c6-3-4-1-2-5-3;2*3-2(4,5)1(6)7/h1-2H;2*(H,6,7). The highest BCUT2D eigenvalue weighted by Gasteiger charge is 2.38. The van der Waals surface area contributed by atoms with Crippen molar-refractivity contribution in [2.75, 3.05) is 0 Å². The van der Waals surface area contributed by atoms with Gasteiger partial charge in [0, 0.05) is 0 Å². The van der Waals surface area contributed by atoms with Gasteiger partial charge in [-0.3, -0.25) is 0 Å². The molecule has 0 saturated heterocycles. The molecule has 114 valence electrons. The van der Waals surface area contributed by atoms with Gasteiger partial charge >= 0.3 is 30.3 Å². The number of aliphatic carboxylic acids is 2. The van der Waals surface area contributed by atoms with Gasteiger partial charge < -0.3 is 10.2 Å². The number of halogens is 6. The van der Waals surface area contributed by atoms with Crippen molar-refractivity contribution < 1.29 is 50.9 Å². The molecule has 13 heteroatoms. The summed E-state index contributed by atoms with van der Waals surface area (Å²) in [5, 5.41) is 14.2. The van der Waals surface area contributed by atoms with Gasteiger partial charge in [-0.1, -0.05) is 0 Å². The van der Waals surface area contributed by atoms with Crippen molar-refractivity contribution in [2.24, 2.45) is 9.98 Å². The lowest BCUT2D eigenvalue weighted by Crippen LogP contribution is -2.21. The summed E-state index contributed by atoms with van der Waals surface area (Å²) in [6.07, 6.45) is -7.44. The minimum absolute atomic E-state index is 0.407. The maximum Gasteiger partial charge on any atom is 0.490 e. The van der Waals surface area contributed by atoms with Crippen molar-refractivity contribution in [1.29, 1.82) is 0 Å². The third-order valence-electron chi connectivity index (χ3n) is 0.922. The van der Waals surface area contributed by atoms with Crippen LogP contribution in [0.2, 0.25) is 0 Å². The molecule has 1 rings (SSSR count). The second kappa shape index (κ2) is 7.85. The highest BCUT2D eigenvalue weighted by molar-refractivity contribution is 6.25. The molecule has 1 heterocycles. The Hall–Kier alpha value is -2.47. The van der Waals surface area contributed by atoms with Gasteiger partial charge in [-0.05, 0) is 0 Å². The molecule has 0 aromatic carbocycles. The number of nitrogens with zero attached hydrogens (tertiary/aromatic N) is 2. The molecule has 2 N–H and O–H groups in total. The largest absolute Gasteiger partial charge is 0.490 e. The predicted octanol–water partition coefficient (Wildman–Crippen LogP) is 1.53. The first-order valence-corrected chi connectivity index (χ1v) is 3.99. The lowest BCUT2D eigenvalue weighted by molar-refractivity contribution is -0.193. The van der Waals surface area contributed by atoms with Gasteiger partial charge in [0.2, 0.25) is 0 Å². The van der Waals surface area contributed by atoms with E-state index in [-0.39, 0.29) is 0 Å². The zero-order valence-electron chi connectivity index (χ0n) is 8.94. The van der Waals surface area contributed by atoms with Gasteiger partial charge in [0.25, 0.3) is 0 Å². The quantitative estimate of drug-likeness (QED) is 0.658. The number of rotatable bonds is 0. The summed E-state index contributed by atoms with van der Waals surface area (Å²) in [5.41, 5.74) is 0. The van der Waals surface area contributed by atoms with Crippen molar-refractivity contribution >= 4 is 30.4 Å². The minimum Gasteiger partial charge on any atom is -0.475 e. The van der Waals surface area contributed by atoms with Crippen LogP contribution in [-0.4, -0.2) is 53.0 Å². The average Bonchev–Trinajstić information content (AvgIpc) is 2.67. The van der Waals surface area contributed by atoms with Crippen LogP contribution in [0.4, 0.5) is 31.1 Å².